The molecule has 0 aliphatic carbocycles. The summed E-state index contributed by atoms with van der Waals surface area (Å²) in [6, 6.07) is 8.86. The fourth-order valence-corrected chi connectivity index (χ4v) is 2.53. The van der Waals surface area contributed by atoms with Crippen LogP contribution in [-0.2, 0) is 6.42 Å². The SMILES string of the molecule is CC(C)NC(C#N)c1ccc2c(c1)CCCN2C. The van der Waals surface area contributed by atoms with Gasteiger partial charge in [-0.1, -0.05) is 12.1 Å². The standard InChI is InChI=1S/C15H21N3/c1-11(2)17-14(10-16)12-6-7-15-13(9-12)5-4-8-18(15)3/h6-7,9,11,14,17H,4-5,8H2,1-3H3. The maximum absolute atomic E-state index is 9.26. The topological polar surface area (TPSA) is 39.1 Å². The molecule has 3 heteroatoms. The summed E-state index contributed by atoms with van der Waals surface area (Å²) in [6.07, 6.45) is 2.31. The Morgan fingerprint density at radius 3 is 2.83 bits per heavy atom. The van der Waals surface area contributed by atoms with Crippen molar-refractivity contribution in [2.75, 3.05) is 18.5 Å². The first-order valence-electron chi connectivity index (χ1n) is 6.61. The smallest absolute Gasteiger partial charge is 0.121 e. The van der Waals surface area contributed by atoms with Crippen LogP contribution in [0.1, 0.15) is 37.4 Å². The summed E-state index contributed by atoms with van der Waals surface area (Å²) in [5, 5.41) is 12.6. The number of aryl methyl sites for hydroxylation is 1. The van der Waals surface area contributed by atoms with Gasteiger partial charge in [-0.2, -0.15) is 5.26 Å². The van der Waals surface area contributed by atoms with E-state index in [0.29, 0.717) is 6.04 Å². The third-order valence-electron chi connectivity index (χ3n) is 3.42. The number of fused-ring (bicyclic) bond motifs is 1. The number of hydrogen-bond donors (Lipinski definition) is 1. The molecule has 1 aliphatic heterocycles. The van der Waals surface area contributed by atoms with Gasteiger partial charge >= 0.3 is 0 Å². The summed E-state index contributed by atoms with van der Waals surface area (Å²) >= 11 is 0. The van der Waals surface area contributed by atoms with Crippen LogP contribution in [-0.4, -0.2) is 19.6 Å². The Balaban J connectivity index is 2.27. The van der Waals surface area contributed by atoms with E-state index >= 15 is 0 Å². The average molecular weight is 243 g/mol. The lowest BCUT2D eigenvalue weighted by molar-refractivity contribution is 0.545. The van der Waals surface area contributed by atoms with Gasteiger partial charge in [-0.25, -0.2) is 0 Å². The van der Waals surface area contributed by atoms with E-state index in [4.69, 9.17) is 0 Å². The number of rotatable bonds is 3. The van der Waals surface area contributed by atoms with Gasteiger partial charge in [-0.15, -0.1) is 0 Å². The lowest BCUT2D eigenvalue weighted by Gasteiger charge is -2.28. The molecule has 1 unspecified atom stereocenters. The molecule has 2 rings (SSSR count). The van der Waals surface area contributed by atoms with Crippen LogP contribution >= 0.6 is 0 Å². The second kappa shape index (κ2) is 5.41. The van der Waals surface area contributed by atoms with E-state index in [-0.39, 0.29) is 6.04 Å². The summed E-state index contributed by atoms with van der Waals surface area (Å²) in [5.41, 5.74) is 3.76. The molecule has 0 saturated heterocycles. The first-order chi connectivity index (χ1) is 8.61. The largest absolute Gasteiger partial charge is 0.374 e. The average Bonchev–Trinajstić information content (AvgIpc) is 2.35. The molecule has 0 amide bonds. The molecule has 0 bridgehead atoms. The summed E-state index contributed by atoms with van der Waals surface area (Å²) in [6.45, 7) is 5.26. The van der Waals surface area contributed by atoms with Crippen LogP contribution in [0.25, 0.3) is 0 Å². The van der Waals surface area contributed by atoms with Gasteiger partial charge in [0.15, 0.2) is 0 Å². The maximum atomic E-state index is 9.26. The quantitative estimate of drug-likeness (QED) is 0.887. The molecule has 0 radical (unpaired) electrons. The Morgan fingerprint density at radius 2 is 2.17 bits per heavy atom. The highest BCUT2D eigenvalue weighted by atomic mass is 15.1. The minimum absolute atomic E-state index is 0.206. The number of nitrogens with one attached hydrogen (secondary N) is 1. The van der Waals surface area contributed by atoms with Crippen molar-refractivity contribution in [3.05, 3.63) is 29.3 Å². The Labute approximate surface area is 109 Å². The number of nitrogens with zero attached hydrogens (tertiary/aromatic N) is 2. The van der Waals surface area contributed by atoms with Crippen molar-refractivity contribution in [3.8, 4) is 6.07 Å². The van der Waals surface area contributed by atoms with Gasteiger partial charge in [0, 0.05) is 25.3 Å². The highest BCUT2D eigenvalue weighted by Gasteiger charge is 2.17. The zero-order chi connectivity index (χ0) is 13.1. The summed E-state index contributed by atoms with van der Waals surface area (Å²) in [5.74, 6) is 0. The number of hydrogen-bond acceptors (Lipinski definition) is 3. The van der Waals surface area contributed by atoms with Crippen LogP contribution in [0.3, 0.4) is 0 Å². The molecule has 1 N–H and O–H groups in total. The lowest BCUT2D eigenvalue weighted by Crippen LogP contribution is -2.28. The van der Waals surface area contributed by atoms with Crippen LogP contribution in [0.5, 0.6) is 0 Å². The molecule has 1 heterocycles. The molecular formula is C15H21N3. The minimum Gasteiger partial charge on any atom is -0.374 e. The third-order valence-corrected chi connectivity index (χ3v) is 3.42. The number of nitriles is 1. The van der Waals surface area contributed by atoms with E-state index in [9.17, 15) is 5.26 Å². The molecule has 1 aromatic rings. The highest BCUT2D eigenvalue weighted by Crippen LogP contribution is 2.28. The molecular weight excluding hydrogens is 222 g/mol. The molecule has 0 aromatic heterocycles. The molecule has 0 saturated carbocycles. The van der Waals surface area contributed by atoms with E-state index in [1.165, 1.54) is 17.7 Å². The lowest BCUT2D eigenvalue weighted by atomic mass is 9.97. The van der Waals surface area contributed by atoms with E-state index < -0.39 is 0 Å². The molecule has 1 aliphatic rings. The summed E-state index contributed by atoms with van der Waals surface area (Å²) in [4.78, 5) is 2.29. The molecule has 3 nitrogen and oxygen atoms in total. The fourth-order valence-electron chi connectivity index (χ4n) is 2.53. The van der Waals surface area contributed by atoms with Crippen LogP contribution in [0.4, 0.5) is 5.69 Å². The Kier molecular flexibility index (Phi) is 3.88. The van der Waals surface area contributed by atoms with Crippen molar-refractivity contribution in [1.29, 1.82) is 5.26 Å². The van der Waals surface area contributed by atoms with Crippen molar-refractivity contribution in [2.45, 2.75) is 38.8 Å². The molecule has 96 valence electrons. The van der Waals surface area contributed by atoms with Gasteiger partial charge in [0.1, 0.15) is 6.04 Å². The van der Waals surface area contributed by atoms with Gasteiger partial charge in [-0.05, 0) is 43.9 Å². The second-order valence-corrected chi connectivity index (χ2v) is 5.30. The van der Waals surface area contributed by atoms with Crippen molar-refractivity contribution >= 4 is 5.69 Å². The Morgan fingerprint density at radius 1 is 1.39 bits per heavy atom. The van der Waals surface area contributed by atoms with E-state index in [2.05, 4.69) is 55.4 Å². The molecule has 1 atom stereocenters. The van der Waals surface area contributed by atoms with E-state index in [0.717, 1.165) is 18.5 Å². The van der Waals surface area contributed by atoms with Gasteiger partial charge < -0.3 is 4.90 Å². The van der Waals surface area contributed by atoms with Crippen LogP contribution < -0.4 is 10.2 Å². The first-order valence-corrected chi connectivity index (χ1v) is 6.61. The number of anilines is 1. The Hall–Kier alpha value is -1.53. The van der Waals surface area contributed by atoms with Gasteiger partial charge in [0.2, 0.25) is 0 Å². The fraction of sp³-hybridized carbons (Fsp3) is 0.533. The monoisotopic (exact) mass is 243 g/mol. The summed E-state index contributed by atoms with van der Waals surface area (Å²) < 4.78 is 0. The third kappa shape index (κ3) is 2.65. The van der Waals surface area contributed by atoms with Crippen molar-refractivity contribution in [1.82, 2.24) is 5.32 Å². The molecule has 1 aromatic carbocycles. The van der Waals surface area contributed by atoms with Crippen LogP contribution in [0.2, 0.25) is 0 Å². The van der Waals surface area contributed by atoms with Gasteiger partial charge in [0.25, 0.3) is 0 Å². The maximum Gasteiger partial charge on any atom is 0.121 e. The summed E-state index contributed by atoms with van der Waals surface area (Å²) in [7, 11) is 2.13. The predicted octanol–water partition coefficient (Wildman–Crippen LogP) is 2.63. The van der Waals surface area contributed by atoms with Gasteiger partial charge in [-0.3, -0.25) is 5.32 Å². The van der Waals surface area contributed by atoms with Crippen molar-refractivity contribution in [3.63, 3.8) is 0 Å². The number of benzene rings is 1. The highest BCUT2D eigenvalue weighted by molar-refractivity contribution is 5.56. The molecule has 18 heavy (non-hydrogen) atoms. The van der Waals surface area contributed by atoms with E-state index in [1.54, 1.807) is 0 Å². The minimum atomic E-state index is -0.206. The second-order valence-electron chi connectivity index (χ2n) is 5.30. The molecule has 0 spiro atoms. The van der Waals surface area contributed by atoms with E-state index in [1.807, 2.05) is 0 Å². The zero-order valence-corrected chi connectivity index (χ0v) is 11.4. The molecule has 0 fully saturated rings. The van der Waals surface area contributed by atoms with Crippen molar-refractivity contribution in [2.24, 2.45) is 0 Å². The van der Waals surface area contributed by atoms with Crippen molar-refractivity contribution < 1.29 is 0 Å². The van der Waals surface area contributed by atoms with Crippen LogP contribution in [0, 0.1) is 11.3 Å². The zero-order valence-electron chi connectivity index (χ0n) is 11.4. The normalized spacial score (nSPS) is 16.3. The van der Waals surface area contributed by atoms with Gasteiger partial charge in [0.05, 0.1) is 6.07 Å². The Bertz CT molecular complexity index is 459. The first kappa shape index (κ1) is 12.9. The predicted molar refractivity (Wildman–Crippen MR) is 74.7 cm³/mol. The van der Waals surface area contributed by atoms with Crippen LogP contribution in [0.15, 0.2) is 18.2 Å².